The molecule has 0 aliphatic heterocycles. The lowest BCUT2D eigenvalue weighted by Crippen LogP contribution is -2.39. The van der Waals surface area contributed by atoms with Crippen LogP contribution in [0.25, 0.3) is 0 Å². The monoisotopic (exact) mass is 276 g/mol. The number of amides is 3. The van der Waals surface area contributed by atoms with Crippen molar-refractivity contribution in [2.24, 2.45) is 0 Å². The van der Waals surface area contributed by atoms with E-state index in [2.05, 4.69) is 26.0 Å². The molecule has 0 unspecified atom stereocenters. The maximum Gasteiger partial charge on any atom is 0.406 e. The minimum atomic E-state index is -0.469. The van der Waals surface area contributed by atoms with E-state index >= 15 is 0 Å². The van der Waals surface area contributed by atoms with Gasteiger partial charge in [0.05, 0.1) is 13.7 Å². The molecule has 112 valence electrons. The van der Waals surface area contributed by atoms with Crippen molar-refractivity contribution in [3.63, 3.8) is 0 Å². The molecule has 8 nitrogen and oxygen atoms in total. The molecular formula is C11H24N4O4. The molecule has 0 fully saturated rings. The zero-order chi connectivity index (χ0) is 14.3. The molecule has 4 N–H and O–H groups in total. The Kier molecular flexibility index (Phi) is 11.9. The molecule has 0 heterocycles. The topological polar surface area (TPSA) is 101 Å². The van der Waals surface area contributed by atoms with Crippen LogP contribution in [0.15, 0.2) is 0 Å². The standard InChI is InChI=1S/C11H24N4O4/c1-12-5-6-14-10(16)13-4-3-8-19-9-7-15-11(17)18-2/h12H,3-9H2,1-2H3,(H,15,17)(H2,13,14,16). The Morgan fingerprint density at radius 2 is 1.68 bits per heavy atom. The highest BCUT2D eigenvalue weighted by Crippen LogP contribution is 1.81. The fraction of sp³-hybridized carbons (Fsp3) is 0.818. The highest BCUT2D eigenvalue weighted by Gasteiger charge is 1.98. The van der Waals surface area contributed by atoms with Gasteiger partial charge in [-0.15, -0.1) is 0 Å². The third kappa shape index (κ3) is 12.7. The summed E-state index contributed by atoms with van der Waals surface area (Å²) in [6.45, 7) is 3.24. The number of ether oxygens (including phenoxy) is 2. The molecule has 0 radical (unpaired) electrons. The van der Waals surface area contributed by atoms with Crippen molar-refractivity contribution < 1.29 is 19.1 Å². The van der Waals surface area contributed by atoms with E-state index in [1.54, 1.807) is 0 Å². The SMILES string of the molecule is CNCCNC(=O)NCCCOCCNC(=O)OC. The van der Waals surface area contributed by atoms with Gasteiger partial charge in [-0.05, 0) is 13.5 Å². The van der Waals surface area contributed by atoms with Crippen LogP contribution in [0.2, 0.25) is 0 Å². The van der Waals surface area contributed by atoms with Crippen LogP contribution in [0.4, 0.5) is 9.59 Å². The molecule has 8 heteroatoms. The van der Waals surface area contributed by atoms with Crippen molar-refractivity contribution in [3.05, 3.63) is 0 Å². The number of carbonyl (C=O) groups excluding carboxylic acids is 2. The molecule has 3 amide bonds. The summed E-state index contributed by atoms with van der Waals surface area (Å²) in [6, 6.07) is -0.178. The number of urea groups is 1. The largest absolute Gasteiger partial charge is 0.453 e. The first kappa shape index (κ1) is 17.5. The van der Waals surface area contributed by atoms with Gasteiger partial charge in [-0.1, -0.05) is 0 Å². The molecule has 0 atom stereocenters. The first-order valence-corrected chi connectivity index (χ1v) is 6.26. The normalized spacial score (nSPS) is 9.79. The van der Waals surface area contributed by atoms with Gasteiger partial charge in [0, 0.05) is 32.8 Å². The third-order valence-corrected chi connectivity index (χ3v) is 2.11. The maximum absolute atomic E-state index is 11.2. The predicted molar refractivity (Wildman–Crippen MR) is 71.2 cm³/mol. The Hall–Kier alpha value is -1.54. The number of rotatable bonds is 10. The van der Waals surface area contributed by atoms with E-state index in [0.717, 1.165) is 13.0 Å². The Morgan fingerprint density at radius 3 is 2.37 bits per heavy atom. The van der Waals surface area contributed by atoms with Gasteiger partial charge in [-0.25, -0.2) is 9.59 Å². The van der Waals surface area contributed by atoms with Crippen molar-refractivity contribution in [1.82, 2.24) is 21.3 Å². The summed E-state index contributed by atoms with van der Waals surface area (Å²) in [5, 5.41) is 10.8. The van der Waals surface area contributed by atoms with E-state index in [9.17, 15) is 9.59 Å². The van der Waals surface area contributed by atoms with E-state index in [1.165, 1.54) is 7.11 Å². The zero-order valence-electron chi connectivity index (χ0n) is 11.6. The Labute approximate surface area is 113 Å². The van der Waals surface area contributed by atoms with Crippen LogP contribution in [-0.2, 0) is 9.47 Å². The molecule has 19 heavy (non-hydrogen) atoms. The average molecular weight is 276 g/mol. The van der Waals surface area contributed by atoms with E-state index in [1.807, 2.05) is 7.05 Å². The molecule has 0 saturated heterocycles. The van der Waals surface area contributed by atoms with E-state index in [-0.39, 0.29) is 6.03 Å². The first-order valence-electron chi connectivity index (χ1n) is 6.26. The zero-order valence-corrected chi connectivity index (χ0v) is 11.6. The Morgan fingerprint density at radius 1 is 0.947 bits per heavy atom. The van der Waals surface area contributed by atoms with Crippen LogP contribution < -0.4 is 21.3 Å². The Bertz CT molecular complexity index is 251. The molecule has 0 spiro atoms. The second-order valence-electron chi connectivity index (χ2n) is 3.67. The fourth-order valence-electron chi connectivity index (χ4n) is 1.14. The molecule has 0 saturated carbocycles. The number of alkyl carbamates (subject to hydrolysis) is 1. The summed E-state index contributed by atoms with van der Waals surface area (Å²) in [4.78, 5) is 21.9. The summed E-state index contributed by atoms with van der Waals surface area (Å²) in [6.07, 6.45) is 0.251. The minimum Gasteiger partial charge on any atom is -0.453 e. The third-order valence-electron chi connectivity index (χ3n) is 2.11. The number of hydrogen-bond donors (Lipinski definition) is 4. The number of carbonyl (C=O) groups is 2. The molecule has 0 rings (SSSR count). The van der Waals surface area contributed by atoms with Crippen molar-refractivity contribution in [1.29, 1.82) is 0 Å². The highest BCUT2D eigenvalue weighted by atomic mass is 16.5. The van der Waals surface area contributed by atoms with Crippen molar-refractivity contribution in [2.45, 2.75) is 6.42 Å². The van der Waals surface area contributed by atoms with Crippen LogP contribution >= 0.6 is 0 Å². The van der Waals surface area contributed by atoms with Gasteiger partial charge >= 0.3 is 12.1 Å². The molecule has 0 bridgehead atoms. The minimum absolute atomic E-state index is 0.178. The van der Waals surface area contributed by atoms with Crippen LogP contribution in [0.3, 0.4) is 0 Å². The summed E-state index contributed by atoms with van der Waals surface area (Å²) >= 11 is 0. The fourth-order valence-corrected chi connectivity index (χ4v) is 1.14. The molecule has 0 aromatic rings. The van der Waals surface area contributed by atoms with Gasteiger partial charge in [0.2, 0.25) is 0 Å². The lowest BCUT2D eigenvalue weighted by Gasteiger charge is -2.08. The van der Waals surface area contributed by atoms with Crippen molar-refractivity contribution >= 4 is 12.1 Å². The second kappa shape index (κ2) is 12.9. The van der Waals surface area contributed by atoms with Gasteiger partial charge in [0.15, 0.2) is 0 Å². The first-order chi connectivity index (χ1) is 9.20. The van der Waals surface area contributed by atoms with Crippen LogP contribution in [-0.4, -0.2) is 65.7 Å². The van der Waals surface area contributed by atoms with Crippen molar-refractivity contribution in [2.75, 3.05) is 53.6 Å². The van der Waals surface area contributed by atoms with Crippen molar-refractivity contribution in [3.8, 4) is 0 Å². The van der Waals surface area contributed by atoms with Crippen LogP contribution in [0, 0.1) is 0 Å². The molecular weight excluding hydrogens is 252 g/mol. The van der Waals surface area contributed by atoms with E-state index in [4.69, 9.17) is 4.74 Å². The molecule has 0 aromatic carbocycles. The lowest BCUT2D eigenvalue weighted by molar-refractivity contribution is 0.127. The van der Waals surface area contributed by atoms with Gasteiger partial charge in [-0.2, -0.15) is 0 Å². The lowest BCUT2D eigenvalue weighted by atomic mass is 10.4. The van der Waals surface area contributed by atoms with Crippen LogP contribution in [0.1, 0.15) is 6.42 Å². The number of hydrogen-bond acceptors (Lipinski definition) is 5. The maximum atomic E-state index is 11.2. The smallest absolute Gasteiger partial charge is 0.406 e. The molecule has 0 aliphatic carbocycles. The van der Waals surface area contributed by atoms with Gasteiger partial charge < -0.3 is 30.7 Å². The quantitative estimate of drug-likeness (QED) is 0.394. The number of nitrogens with one attached hydrogen (secondary N) is 4. The molecule has 0 aromatic heterocycles. The van der Waals surface area contributed by atoms with Gasteiger partial charge in [-0.3, -0.25) is 0 Å². The number of methoxy groups -OCH3 is 1. The average Bonchev–Trinajstić information content (AvgIpc) is 2.41. The van der Waals surface area contributed by atoms with Gasteiger partial charge in [0.1, 0.15) is 0 Å². The summed E-state index contributed by atoms with van der Waals surface area (Å²) in [5.74, 6) is 0. The number of likely N-dealkylation sites (N-methyl/N-ethyl adjacent to an activating group) is 1. The Balaban J connectivity index is 3.18. The predicted octanol–water partition coefficient (Wildman–Crippen LogP) is -0.732. The van der Waals surface area contributed by atoms with E-state index in [0.29, 0.717) is 32.8 Å². The van der Waals surface area contributed by atoms with E-state index < -0.39 is 6.09 Å². The van der Waals surface area contributed by atoms with Gasteiger partial charge in [0.25, 0.3) is 0 Å². The van der Waals surface area contributed by atoms with Crippen LogP contribution in [0.5, 0.6) is 0 Å². The summed E-state index contributed by atoms with van der Waals surface area (Å²) in [5.41, 5.74) is 0. The highest BCUT2D eigenvalue weighted by molar-refractivity contribution is 5.73. The second-order valence-corrected chi connectivity index (χ2v) is 3.67. The molecule has 0 aliphatic rings. The summed E-state index contributed by atoms with van der Waals surface area (Å²) < 4.78 is 9.65. The summed E-state index contributed by atoms with van der Waals surface area (Å²) in [7, 11) is 3.13.